The van der Waals surface area contributed by atoms with Crippen LogP contribution in [0.25, 0.3) is 104 Å². The lowest BCUT2D eigenvalue weighted by Gasteiger charge is -2.20. The summed E-state index contributed by atoms with van der Waals surface area (Å²) < 4.78 is 0. The highest BCUT2D eigenvalue weighted by atomic mass is 14.2. The molecule has 262 valence electrons. The molecule has 0 amide bonds. The molecule has 0 heterocycles. The Morgan fingerprint density at radius 1 is 0.286 bits per heavy atom. The molecule has 0 aliphatic heterocycles. The number of benzene rings is 10. The second-order valence-electron chi connectivity index (χ2n) is 15.1. The van der Waals surface area contributed by atoms with Crippen LogP contribution in [0.5, 0.6) is 0 Å². The summed E-state index contributed by atoms with van der Waals surface area (Å²) in [4.78, 5) is 0. The van der Waals surface area contributed by atoms with Gasteiger partial charge in [0.15, 0.2) is 0 Å². The molecule has 56 heavy (non-hydrogen) atoms. The largest absolute Gasteiger partial charge is 0.0836 e. The zero-order valence-electron chi connectivity index (χ0n) is 31.0. The van der Waals surface area contributed by atoms with E-state index in [-0.39, 0.29) is 0 Å². The van der Waals surface area contributed by atoms with Gasteiger partial charge in [0.1, 0.15) is 0 Å². The Hall–Kier alpha value is -7.02. The molecule has 0 aromatic heterocycles. The molecule has 0 saturated heterocycles. The highest BCUT2D eigenvalue weighted by Crippen LogP contribution is 2.46. The normalized spacial score (nSPS) is 12.9. The van der Waals surface area contributed by atoms with Crippen molar-refractivity contribution in [2.45, 2.75) is 12.8 Å². The van der Waals surface area contributed by atoms with Crippen molar-refractivity contribution in [3.8, 4) is 44.5 Å². The van der Waals surface area contributed by atoms with E-state index in [1.807, 2.05) is 0 Å². The zero-order chi connectivity index (χ0) is 37.0. The van der Waals surface area contributed by atoms with Crippen LogP contribution >= 0.6 is 0 Å². The average Bonchev–Trinajstić information content (AvgIpc) is 3.28. The maximum Gasteiger partial charge on any atom is -0.00259 e. The molecule has 0 unspecified atom stereocenters. The lowest BCUT2D eigenvalue weighted by Crippen LogP contribution is -1.94. The highest BCUT2D eigenvalue weighted by Gasteiger charge is 2.19. The van der Waals surface area contributed by atoms with E-state index in [1.165, 1.54) is 110 Å². The third-order valence-electron chi connectivity index (χ3n) is 11.8. The minimum atomic E-state index is 1.07. The van der Waals surface area contributed by atoms with Gasteiger partial charge in [0.05, 0.1) is 0 Å². The summed E-state index contributed by atoms with van der Waals surface area (Å²) in [6.45, 7) is 0. The molecule has 0 heteroatoms. The molecule has 11 rings (SSSR count). The molecule has 1 aliphatic carbocycles. The first-order chi connectivity index (χ1) is 27.8. The standard InChI is InChI=1S/C56H38/c1-3-16-37(17-4-1)42-32-43(38-18-5-2-6-19-38)34-44(33-42)56-51-27-13-11-25-49(51)55(50-26-12-14-28-52(50)56)41-31-30-40-35-54(48-24-10-9-23-47(48)53(40)36-41)46-29-15-21-39-20-7-8-22-45(39)46/h1,3-5,7-36H,2,6H2. The van der Waals surface area contributed by atoms with E-state index in [4.69, 9.17) is 0 Å². The summed E-state index contributed by atoms with van der Waals surface area (Å²) >= 11 is 0. The molecule has 0 nitrogen and oxygen atoms in total. The maximum atomic E-state index is 2.44. The van der Waals surface area contributed by atoms with Crippen LogP contribution in [0, 0.1) is 0 Å². The Labute approximate surface area is 327 Å². The van der Waals surface area contributed by atoms with Gasteiger partial charge < -0.3 is 0 Å². The van der Waals surface area contributed by atoms with Gasteiger partial charge in [-0.15, -0.1) is 0 Å². The minimum Gasteiger partial charge on any atom is -0.0836 e. The molecular formula is C56H38. The summed E-state index contributed by atoms with van der Waals surface area (Å²) in [6, 6.07) is 69.9. The van der Waals surface area contributed by atoms with Crippen LogP contribution < -0.4 is 0 Å². The van der Waals surface area contributed by atoms with Crippen molar-refractivity contribution in [2.24, 2.45) is 0 Å². The molecule has 10 aromatic carbocycles. The quantitative estimate of drug-likeness (QED) is 0.123. The highest BCUT2D eigenvalue weighted by molar-refractivity contribution is 6.23. The van der Waals surface area contributed by atoms with Crippen molar-refractivity contribution < 1.29 is 0 Å². The molecule has 0 saturated carbocycles. The fourth-order valence-electron chi connectivity index (χ4n) is 9.25. The van der Waals surface area contributed by atoms with Crippen molar-refractivity contribution in [2.75, 3.05) is 0 Å². The van der Waals surface area contributed by atoms with Gasteiger partial charge in [-0.2, -0.15) is 0 Å². The summed E-state index contributed by atoms with van der Waals surface area (Å²) in [5.41, 5.74) is 12.6. The van der Waals surface area contributed by atoms with Crippen LogP contribution in [0.4, 0.5) is 0 Å². The molecular weight excluding hydrogens is 673 g/mol. The van der Waals surface area contributed by atoms with Gasteiger partial charge in [0, 0.05) is 0 Å². The number of hydrogen-bond donors (Lipinski definition) is 0. The van der Waals surface area contributed by atoms with Crippen molar-refractivity contribution in [3.05, 3.63) is 212 Å². The lowest BCUT2D eigenvalue weighted by atomic mass is 9.83. The van der Waals surface area contributed by atoms with E-state index >= 15 is 0 Å². The predicted molar refractivity (Wildman–Crippen MR) is 242 cm³/mol. The van der Waals surface area contributed by atoms with E-state index in [1.54, 1.807) is 0 Å². The molecule has 10 aromatic rings. The van der Waals surface area contributed by atoms with Crippen molar-refractivity contribution in [1.29, 1.82) is 0 Å². The molecule has 0 atom stereocenters. The van der Waals surface area contributed by atoms with Gasteiger partial charge in [-0.1, -0.05) is 176 Å². The molecule has 0 N–H and O–H groups in total. The number of allylic oxidation sites excluding steroid dienone is 4. The van der Waals surface area contributed by atoms with Crippen LogP contribution in [0.15, 0.2) is 206 Å². The summed E-state index contributed by atoms with van der Waals surface area (Å²) in [6.07, 6.45) is 9.16. The summed E-state index contributed by atoms with van der Waals surface area (Å²) in [5.74, 6) is 0. The Morgan fingerprint density at radius 3 is 1.59 bits per heavy atom. The second kappa shape index (κ2) is 13.4. The van der Waals surface area contributed by atoms with E-state index in [2.05, 4.69) is 206 Å². The zero-order valence-corrected chi connectivity index (χ0v) is 31.0. The van der Waals surface area contributed by atoms with E-state index < -0.39 is 0 Å². The number of hydrogen-bond acceptors (Lipinski definition) is 0. The van der Waals surface area contributed by atoms with Gasteiger partial charge >= 0.3 is 0 Å². The van der Waals surface area contributed by atoms with E-state index in [0.717, 1.165) is 12.8 Å². The second-order valence-corrected chi connectivity index (χ2v) is 15.1. The van der Waals surface area contributed by atoms with Crippen LogP contribution in [0.3, 0.4) is 0 Å². The third kappa shape index (κ3) is 5.37. The Bertz CT molecular complexity index is 3170. The van der Waals surface area contributed by atoms with E-state index in [9.17, 15) is 0 Å². The smallest absolute Gasteiger partial charge is 0.00259 e. The monoisotopic (exact) mass is 710 g/mol. The predicted octanol–water partition coefficient (Wildman–Crippen LogP) is 15.9. The third-order valence-corrected chi connectivity index (χ3v) is 11.8. The van der Waals surface area contributed by atoms with Gasteiger partial charge in [-0.25, -0.2) is 0 Å². The number of rotatable bonds is 5. The fourth-order valence-corrected chi connectivity index (χ4v) is 9.25. The molecule has 0 fully saturated rings. The van der Waals surface area contributed by atoms with Gasteiger partial charge in [-0.3, -0.25) is 0 Å². The van der Waals surface area contributed by atoms with Crippen LogP contribution in [0.1, 0.15) is 18.4 Å². The maximum absolute atomic E-state index is 2.44. The Balaban J connectivity index is 1.16. The summed E-state index contributed by atoms with van der Waals surface area (Å²) in [5, 5.41) is 12.7. The first-order valence-corrected chi connectivity index (χ1v) is 19.7. The van der Waals surface area contributed by atoms with E-state index in [0.29, 0.717) is 0 Å². The first-order valence-electron chi connectivity index (χ1n) is 19.7. The van der Waals surface area contributed by atoms with Gasteiger partial charge in [-0.05, 0) is 153 Å². The van der Waals surface area contributed by atoms with Gasteiger partial charge in [0.25, 0.3) is 0 Å². The van der Waals surface area contributed by atoms with Gasteiger partial charge in [0.2, 0.25) is 0 Å². The molecule has 0 spiro atoms. The van der Waals surface area contributed by atoms with Crippen molar-refractivity contribution in [1.82, 2.24) is 0 Å². The van der Waals surface area contributed by atoms with Crippen LogP contribution in [0.2, 0.25) is 0 Å². The Morgan fingerprint density at radius 2 is 0.875 bits per heavy atom. The average molecular weight is 711 g/mol. The van der Waals surface area contributed by atoms with Crippen LogP contribution in [-0.4, -0.2) is 0 Å². The lowest BCUT2D eigenvalue weighted by molar-refractivity contribution is 1.04. The summed E-state index contributed by atoms with van der Waals surface area (Å²) in [7, 11) is 0. The van der Waals surface area contributed by atoms with Crippen LogP contribution in [-0.2, 0) is 0 Å². The molecule has 0 radical (unpaired) electrons. The number of fused-ring (bicyclic) bond motifs is 6. The first kappa shape index (κ1) is 32.4. The molecule has 1 aliphatic rings. The fraction of sp³-hybridized carbons (Fsp3) is 0.0357. The Kier molecular flexibility index (Phi) is 7.74. The SMILES string of the molecule is C1=CC(c2cc(-c3ccccc3)cc(-c3c4ccccc4c(-c4ccc5cc(-c6cccc7ccccc67)c6ccccc6c5c4)c4ccccc34)c2)=CCC1. The minimum absolute atomic E-state index is 1.07. The van der Waals surface area contributed by atoms with Crippen molar-refractivity contribution >= 4 is 59.4 Å². The van der Waals surface area contributed by atoms with Crippen molar-refractivity contribution in [3.63, 3.8) is 0 Å². The molecule has 0 bridgehead atoms. The topological polar surface area (TPSA) is 0 Å².